The average molecular weight is 364 g/mol. The summed E-state index contributed by atoms with van der Waals surface area (Å²) in [4.78, 5) is 28.9. The molecule has 0 bridgehead atoms. The third kappa shape index (κ3) is 3.68. The predicted molar refractivity (Wildman–Crippen MR) is 104 cm³/mol. The van der Waals surface area contributed by atoms with Crippen molar-refractivity contribution in [3.05, 3.63) is 66.2 Å². The molecule has 0 aliphatic carbocycles. The summed E-state index contributed by atoms with van der Waals surface area (Å²) in [7, 11) is 0. The lowest BCUT2D eigenvalue weighted by atomic mass is 10.0. The number of anilines is 1. The first-order valence-corrected chi connectivity index (χ1v) is 9.59. The lowest BCUT2D eigenvalue weighted by Gasteiger charge is -2.30. The van der Waals surface area contributed by atoms with E-state index in [1.54, 1.807) is 0 Å². The van der Waals surface area contributed by atoms with Gasteiger partial charge in [0.25, 0.3) is 0 Å². The van der Waals surface area contributed by atoms with Crippen molar-refractivity contribution in [2.24, 2.45) is 0 Å². The van der Waals surface area contributed by atoms with Crippen molar-refractivity contribution in [1.82, 2.24) is 4.90 Å². The summed E-state index contributed by atoms with van der Waals surface area (Å²) < 4.78 is 5.22. The fourth-order valence-electron chi connectivity index (χ4n) is 4.07. The third-order valence-electron chi connectivity index (χ3n) is 5.46. The van der Waals surface area contributed by atoms with Crippen LogP contribution in [-0.2, 0) is 16.0 Å². The van der Waals surface area contributed by atoms with Crippen LogP contribution in [0.3, 0.4) is 0 Å². The molecule has 0 spiro atoms. The van der Waals surface area contributed by atoms with Gasteiger partial charge in [0.15, 0.2) is 6.04 Å². The topological polar surface area (TPSA) is 49.9 Å². The van der Waals surface area contributed by atoms with Gasteiger partial charge >= 0.3 is 6.09 Å². The van der Waals surface area contributed by atoms with Crippen LogP contribution >= 0.6 is 0 Å². The maximum atomic E-state index is 13.3. The van der Waals surface area contributed by atoms with Crippen LogP contribution in [0.5, 0.6) is 0 Å². The summed E-state index contributed by atoms with van der Waals surface area (Å²) in [6.07, 6.45) is 3.49. The van der Waals surface area contributed by atoms with E-state index in [2.05, 4.69) is 12.1 Å². The van der Waals surface area contributed by atoms with Gasteiger partial charge in [0.1, 0.15) is 6.61 Å². The molecular formula is C22H24N2O3. The first-order valence-electron chi connectivity index (χ1n) is 9.59. The van der Waals surface area contributed by atoms with Crippen molar-refractivity contribution in [3.8, 4) is 0 Å². The molecule has 2 amide bonds. The van der Waals surface area contributed by atoms with Crippen LogP contribution in [0.4, 0.5) is 10.5 Å². The van der Waals surface area contributed by atoms with E-state index in [1.807, 2.05) is 53.4 Å². The maximum Gasteiger partial charge on any atom is 0.415 e. The van der Waals surface area contributed by atoms with E-state index in [9.17, 15) is 9.59 Å². The van der Waals surface area contributed by atoms with Crippen LogP contribution in [0.1, 0.15) is 24.8 Å². The number of para-hydroxylation sites is 1. The zero-order valence-electron chi connectivity index (χ0n) is 15.3. The van der Waals surface area contributed by atoms with Gasteiger partial charge in [0.05, 0.1) is 0 Å². The number of nitrogens with zero attached hydrogens (tertiary/aromatic N) is 2. The van der Waals surface area contributed by atoms with Crippen molar-refractivity contribution in [3.63, 3.8) is 0 Å². The van der Waals surface area contributed by atoms with Crippen LogP contribution in [0.15, 0.2) is 60.7 Å². The number of hydrogen-bond donors (Lipinski definition) is 0. The number of cyclic esters (lactones) is 1. The summed E-state index contributed by atoms with van der Waals surface area (Å²) in [5.41, 5.74) is 2.00. The van der Waals surface area contributed by atoms with Gasteiger partial charge in [0, 0.05) is 18.3 Å². The molecule has 0 saturated carbocycles. The second-order valence-electron chi connectivity index (χ2n) is 7.15. The minimum atomic E-state index is -0.572. The van der Waals surface area contributed by atoms with E-state index in [4.69, 9.17) is 4.74 Å². The Morgan fingerprint density at radius 2 is 1.74 bits per heavy atom. The monoisotopic (exact) mass is 364 g/mol. The van der Waals surface area contributed by atoms with E-state index in [0.29, 0.717) is 5.69 Å². The number of carbonyl (C=O) groups is 2. The number of likely N-dealkylation sites (tertiary alicyclic amines) is 1. The summed E-state index contributed by atoms with van der Waals surface area (Å²) in [5.74, 6) is 0.000245. The summed E-state index contributed by atoms with van der Waals surface area (Å²) in [6.45, 7) is 0.875. The fourth-order valence-corrected chi connectivity index (χ4v) is 4.07. The first-order chi connectivity index (χ1) is 13.2. The van der Waals surface area contributed by atoms with E-state index < -0.39 is 12.1 Å². The lowest BCUT2D eigenvalue weighted by Crippen LogP contribution is -2.49. The van der Waals surface area contributed by atoms with Gasteiger partial charge in [-0.15, -0.1) is 0 Å². The predicted octanol–water partition coefficient (Wildman–Crippen LogP) is 3.64. The second-order valence-corrected chi connectivity index (χ2v) is 7.15. The molecule has 0 N–H and O–H groups in total. The average Bonchev–Trinajstić information content (AvgIpc) is 3.34. The van der Waals surface area contributed by atoms with Gasteiger partial charge in [0.2, 0.25) is 5.91 Å². The molecule has 2 saturated heterocycles. The highest BCUT2D eigenvalue weighted by atomic mass is 16.6. The molecule has 4 rings (SSSR count). The van der Waals surface area contributed by atoms with Gasteiger partial charge < -0.3 is 9.64 Å². The zero-order chi connectivity index (χ0) is 18.6. The molecule has 27 heavy (non-hydrogen) atoms. The molecule has 2 fully saturated rings. The van der Waals surface area contributed by atoms with Gasteiger partial charge in [-0.1, -0.05) is 48.5 Å². The molecule has 2 heterocycles. The fraction of sp³-hybridized carbons (Fsp3) is 0.364. The number of rotatable bonds is 5. The second kappa shape index (κ2) is 7.82. The number of amides is 2. The highest BCUT2D eigenvalue weighted by Crippen LogP contribution is 2.28. The Hall–Kier alpha value is -2.82. The van der Waals surface area contributed by atoms with E-state index >= 15 is 0 Å². The molecule has 2 aliphatic heterocycles. The smallest absolute Gasteiger partial charge is 0.415 e. The normalized spacial score (nSPS) is 22.1. The van der Waals surface area contributed by atoms with Crippen molar-refractivity contribution < 1.29 is 14.3 Å². The molecule has 0 unspecified atom stereocenters. The van der Waals surface area contributed by atoms with Crippen LogP contribution in [-0.4, -0.2) is 42.1 Å². The van der Waals surface area contributed by atoms with Gasteiger partial charge in [-0.2, -0.15) is 0 Å². The van der Waals surface area contributed by atoms with E-state index in [-0.39, 0.29) is 18.6 Å². The number of hydrogen-bond acceptors (Lipinski definition) is 3. The summed E-state index contributed by atoms with van der Waals surface area (Å²) >= 11 is 0. The molecular weight excluding hydrogens is 340 g/mol. The largest absolute Gasteiger partial charge is 0.446 e. The molecule has 5 heteroatoms. The first kappa shape index (κ1) is 17.6. The van der Waals surface area contributed by atoms with Crippen LogP contribution < -0.4 is 4.90 Å². The highest BCUT2D eigenvalue weighted by molar-refractivity contribution is 6.00. The SMILES string of the molecule is O=C([C@H]1COC(=O)N1c1ccccc1)N1CCC[C@@H]1CCc1ccccc1. The maximum absolute atomic E-state index is 13.3. The summed E-state index contributed by atoms with van der Waals surface area (Å²) in [6, 6.07) is 19.3. The van der Waals surface area contributed by atoms with Crippen LogP contribution in [0.25, 0.3) is 0 Å². The van der Waals surface area contributed by atoms with Crippen molar-refractivity contribution in [2.45, 2.75) is 37.8 Å². The quantitative estimate of drug-likeness (QED) is 0.814. The van der Waals surface area contributed by atoms with E-state index in [0.717, 1.165) is 32.2 Å². The molecule has 140 valence electrons. The molecule has 0 radical (unpaired) electrons. The number of ether oxygens (including phenoxy) is 1. The van der Waals surface area contributed by atoms with Crippen molar-refractivity contribution >= 4 is 17.7 Å². The Morgan fingerprint density at radius 3 is 2.48 bits per heavy atom. The zero-order valence-corrected chi connectivity index (χ0v) is 15.3. The highest BCUT2D eigenvalue weighted by Gasteiger charge is 2.43. The minimum Gasteiger partial charge on any atom is -0.446 e. The molecule has 2 aromatic carbocycles. The molecule has 0 aromatic heterocycles. The number of carbonyl (C=O) groups excluding carboxylic acids is 2. The van der Waals surface area contributed by atoms with Crippen molar-refractivity contribution in [1.29, 1.82) is 0 Å². The minimum absolute atomic E-state index is 0.000245. The Labute approximate surface area is 159 Å². The molecule has 5 nitrogen and oxygen atoms in total. The summed E-state index contributed by atoms with van der Waals surface area (Å²) in [5, 5.41) is 0. The van der Waals surface area contributed by atoms with Gasteiger partial charge in [-0.3, -0.25) is 9.69 Å². The van der Waals surface area contributed by atoms with Crippen LogP contribution in [0, 0.1) is 0 Å². The Bertz CT molecular complexity index is 794. The van der Waals surface area contributed by atoms with Gasteiger partial charge in [-0.05, 0) is 43.4 Å². The van der Waals surface area contributed by atoms with E-state index in [1.165, 1.54) is 10.5 Å². The number of benzene rings is 2. The number of aryl methyl sites for hydroxylation is 1. The Balaban J connectivity index is 1.46. The lowest BCUT2D eigenvalue weighted by molar-refractivity contribution is -0.133. The van der Waals surface area contributed by atoms with Crippen molar-refractivity contribution in [2.75, 3.05) is 18.1 Å². The third-order valence-corrected chi connectivity index (χ3v) is 5.46. The van der Waals surface area contributed by atoms with Crippen LogP contribution in [0.2, 0.25) is 0 Å². The standard InChI is InChI=1S/C22H24N2O3/c25-21(20-16-27-22(26)24(20)19-10-5-2-6-11-19)23-15-7-12-18(23)14-13-17-8-3-1-4-9-17/h1-6,8-11,18,20H,7,12-16H2/t18-,20-/m1/s1. The molecule has 2 aromatic rings. The molecule has 2 atom stereocenters. The Kier molecular flexibility index (Phi) is 5.10. The van der Waals surface area contributed by atoms with Gasteiger partial charge in [-0.25, -0.2) is 4.79 Å². The Morgan fingerprint density at radius 1 is 1.04 bits per heavy atom. The molecule has 2 aliphatic rings.